The molecule has 0 saturated carbocycles. The second-order valence-electron chi connectivity index (χ2n) is 6.76. The SMILES string of the molecule is O=C1c2ccccc2OC=C(Cl)N1CCCC[n+]1ccc(-c2ccccn2)cc1.[Cl-]. The van der Waals surface area contributed by atoms with Crippen LogP contribution >= 0.6 is 11.6 Å². The predicted octanol–water partition coefficient (Wildman–Crippen LogP) is 1.39. The van der Waals surface area contributed by atoms with Crippen molar-refractivity contribution < 1.29 is 26.5 Å². The lowest BCUT2D eigenvalue weighted by Gasteiger charge is -2.19. The van der Waals surface area contributed by atoms with E-state index in [2.05, 4.69) is 34.1 Å². The van der Waals surface area contributed by atoms with Gasteiger partial charge >= 0.3 is 0 Å². The van der Waals surface area contributed by atoms with Crippen LogP contribution in [-0.4, -0.2) is 22.3 Å². The molecule has 0 unspecified atom stereocenters. The van der Waals surface area contributed by atoms with Gasteiger partial charge < -0.3 is 17.1 Å². The average Bonchev–Trinajstić information content (AvgIpc) is 2.89. The molecule has 7 heteroatoms. The summed E-state index contributed by atoms with van der Waals surface area (Å²) >= 11 is 6.27. The first kappa shape index (κ1) is 21.8. The van der Waals surface area contributed by atoms with E-state index >= 15 is 0 Å². The van der Waals surface area contributed by atoms with E-state index in [0.29, 0.717) is 23.0 Å². The summed E-state index contributed by atoms with van der Waals surface area (Å²) in [5, 5.41) is 0.304. The first-order valence-corrected chi connectivity index (χ1v) is 9.94. The summed E-state index contributed by atoms with van der Waals surface area (Å²) < 4.78 is 7.65. The predicted molar refractivity (Wildman–Crippen MR) is 111 cm³/mol. The van der Waals surface area contributed by atoms with Gasteiger partial charge in [-0.3, -0.25) is 14.7 Å². The highest BCUT2D eigenvalue weighted by atomic mass is 35.5. The van der Waals surface area contributed by atoms with Gasteiger partial charge in [0.15, 0.2) is 12.4 Å². The number of hydrogen-bond donors (Lipinski definition) is 0. The number of pyridine rings is 2. The lowest BCUT2D eigenvalue weighted by Crippen LogP contribution is -3.00. The molecule has 1 aliphatic rings. The number of amides is 1. The zero-order chi connectivity index (χ0) is 20.1. The smallest absolute Gasteiger partial charge is 0.262 e. The molecular weight excluding hydrogens is 421 g/mol. The van der Waals surface area contributed by atoms with Crippen LogP contribution in [0.3, 0.4) is 0 Å². The highest BCUT2D eigenvalue weighted by Gasteiger charge is 2.24. The van der Waals surface area contributed by atoms with Gasteiger partial charge in [0, 0.05) is 36.9 Å². The number of benzene rings is 1. The second-order valence-corrected chi connectivity index (χ2v) is 7.15. The van der Waals surface area contributed by atoms with Gasteiger partial charge in [0.1, 0.15) is 23.7 Å². The summed E-state index contributed by atoms with van der Waals surface area (Å²) in [7, 11) is 0. The molecule has 5 nitrogen and oxygen atoms in total. The molecule has 0 fully saturated rings. The lowest BCUT2D eigenvalue weighted by molar-refractivity contribution is -0.697. The van der Waals surface area contributed by atoms with Crippen molar-refractivity contribution in [2.75, 3.05) is 6.54 Å². The Hall–Kier alpha value is -2.89. The standard InChI is InChI=1S/C23H21ClN3O2.ClH/c24-22-17-29-21-9-2-1-7-19(21)23(28)27(22)14-6-5-13-26-15-10-18(11-16-26)20-8-3-4-12-25-20;/h1-4,7-12,15-17H,5-6,13-14H2;1H/q+1;/p-1. The van der Waals surface area contributed by atoms with Crippen LogP contribution in [0, 0.1) is 0 Å². The third-order valence-corrected chi connectivity index (χ3v) is 5.10. The quantitative estimate of drug-likeness (QED) is 0.330. The second kappa shape index (κ2) is 10.2. The van der Waals surface area contributed by atoms with Gasteiger partial charge in [-0.2, -0.15) is 0 Å². The molecule has 0 N–H and O–H groups in total. The number of carbonyl (C=O) groups is 1. The monoisotopic (exact) mass is 441 g/mol. The number of carbonyl (C=O) groups excluding carboxylic acids is 1. The summed E-state index contributed by atoms with van der Waals surface area (Å²) in [6.45, 7) is 1.40. The molecule has 3 heterocycles. The third kappa shape index (κ3) is 4.99. The van der Waals surface area contributed by atoms with Crippen LogP contribution in [0.4, 0.5) is 0 Å². The van der Waals surface area contributed by atoms with Gasteiger partial charge in [-0.25, -0.2) is 4.57 Å². The largest absolute Gasteiger partial charge is 1.00 e. The molecule has 0 bridgehead atoms. The summed E-state index contributed by atoms with van der Waals surface area (Å²) in [6.07, 6.45) is 9.08. The molecule has 0 radical (unpaired) electrons. The van der Waals surface area contributed by atoms with Crippen LogP contribution in [0.25, 0.3) is 11.3 Å². The Morgan fingerprint density at radius 2 is 1.77 bits per heavy atom. The van der Waals surface area contributed by atoms with E-state index in [4.69, 9.17) is 16.3 Å². The van der Waals surface area contributed by atoms with E-state index in [1.807, 2.05) is 30.3 Å². The number of ether oxygens (including phenoxy) is 1. The maximum Gasteiger partial charge on any atom is 0.262 e. The minimum Gasteiger partial charge on any atom is -1.00 e. The number of hydrogen-bond acceptors (Lipinski definition) is 3. The number of rotatable bonds is 6. The van der Waals surface area contributed by atoms with Crippen molar-refractivity contribution in [3.05, 3.63) is 90.2 Å². The molecule has 0 saturated heterocycles. The fourth-order valence-corrected chi connectivity index (χ4v) is 3.45. The third-order valence-electron chi connectivity index (χ3n) is 4.80. The van der Waals surface area contributed by atoms with Crippen molar-refractivity contribution in [3.63, 3.8) is 0 Å². The number of nitrogens with zero attached hydrogens (tertiary/aromatic N) is 3. The fourth-order valence-electron chi connectivity index (χ4n) is 3.25. The molecule has 0 spiro atoms. The van der Waals surface area contributed by atoms with Crippen LogP contribution in [-0.2, 0) is 6.54 Å². The van der Waals surface area contributed by atoms with Crippen molar-refractivity contribution >= 4 is 17.5 Å². The van der Waals surface area contributed by atoms with Gasteiger partial charge in [0.2, 0.25) is 0 Å². The molecule has 3 aromatic rings. The number of unbranched alkanes of at least 4 members (excludes halogenated alkanes) is 1. The van der Waals surface area contributed by atoms with E-state index in [1.54, 1.807) is 23.2 Å². The molecule has 1 aromatic carbocycles. The molecular formula is C23H21Cl2N3O2. The van der Waals surface area contributed by atoms with Crippen molar-refractivity contribution in [2.45, 2.75) is 19.4 Å². The van der Waals surface area contributed by atoms with Gasteiger partial charge in [0.05, 0.1) is 11.3 Å². The highest BCUT2D eigenvalue weighted by molar-refractivity contribution is 6.30. The van der Waals surface area contributed by atoms with Crippen molar-refractivity contribution in [1.29, 1.82) is 0 Å². The minimum absolute atomic E-state index is 0. The Labute approximate surface area is 187 Å². The molecule has 154 valence electrons. The zero-order valence-corrected chi connectivity index (χ0v) is 17.8. The molecule has 1 aliphatic heterocycles. The van der Waals surface area contributed by atoms with Crippen LogP contribution < -0.4 is 21.7 Å². The van der Waals surface area contributed by atoms with E-state index in [-0.39, 0.29) is 18.3 Å². The van der Waals surface area contributed by atoms with E-state index in [9.17, 15) is 4.79 Å². The van der Waals surface area contributed by atoms with E-state index < -0.39 is 0 Å². The normalized spacial score (nSPS) is 12.9. The van der Waals surface area contributed by atoms with Gasteiger partial charge in [0.25, 0.3) is 5.91 Å². The summed E-state index contributed by atoms with van der Waals surface area (Å²) in [6, 6.07) is 17.2. The first-order valence-electron chi connectivity index (χ1n) is 9.56. The fraction of sp³-hybridized carbons (Fsp3) is 0.174. The summed E-state index contributed by atoms with van der Waals surface area (Å²) in [5.74, 6) is 0.397. The highest BCUT2D eigenvalue weighted by Crippen LogP contribution is 2.27. The topological polar surface area (TPSA) is 46.3 Å². The first-order chi connectivity index (χ1) is 14.2. The molecule has 0 atom stereocenters. The van der Waals surface area contributed by atoms with Gasteiger partial charge in [-0.1, -0.05) is 29.8 Å². The summed E-state index contributed by atoms with van der Waals surface area (Å²) in [5.41, 5.74) is 2.58. The molecule has 1 amide bonds. The maximum absolute atomic E-state index is 12.8. The number of fused-ring (bicyclic) bond motifs is 1. The minimum atomic E-state index is -0.133. The Morgan fingerprint density at radius 3 is 2.53 bits per heavy atom. The number of aryl methyl sites for hydroxylation is 1. The number of halogens is 2. The van der Waals surface area contributed by atoms with E-state index in [0.717, 1.165) is 30.6 Å². The van der Waals surface area contributed by atoms with Crippen LogP contribution in [0.1, 0.15) is 23.2 Å². The Bertz CT molecular complexity index is 1020. The molecule has 4 rings (SSSR count). The lowest BCUT2D eigenvalue weighted by atomic mass is 10.1. The Kier molecular flexibility index (Phi) is 7.44. The van der Waals surface area contributed by atoms with Crippen molar-refractivity contribution in [2.24, 2.45) is 0 Å². The zero-order valence-electron chi connectivity index (χ0n) is 16.2. The summed E-state index contributed by atoms with van der Waals surface area (Å²) in [4.78, 5) is 18.7. The average molecular weight is 442 g/mol. The molecule has 30 heavy (non-hydrogen) atoms. The van der Waals surface area contributed by atoms with Crippen LogP contribution in [0.5, 0.6) is 5.75 Å². The maximum atomic E-state index is 12.8. The van der Waals surface area contributed by atoms with Crippen molar-refractivity contribution in [1.82, 2.24) is 9.88 Å². The van der Waals surface area contributed by atoms with Crippen molar-refractivity contribution in [3.8, 4) is 17.0 Å². The van der Waals surface area contributed by atoms with Crippen LogP contribution in [0.15, 0.2) is 84.6 Å². The van der Waals surface area contributed by atoms with Gasteiger partial charge in [-0.15, -0.1) is 0 Å². The molecule has 0 aliphatic carbocycles. The Balaban J connectivity index is 0.00000256. The number of aromatic nitrogens is 2. The Morgan fingerprint density at radius 1 is 1.00 bits per heavy atom. The number of para-hydroxylation sites is 1. The van der Waals surface area contributed by atoms with Gasteiger partial charge in [-0.05, 0) is 30.7 Å². The molecule has 2 aromatic heterocycles. The van der Waals surface area contributed by atoms with Crippen LogP contribution in [0.2, 0.25) is 0 Å². The van der Waals surface area contributed by atoms with E-state index in [1.165, 1.54) is 6.26 Å².